The Hall–Kier alpha value is -9.90. The summed E-state index contributed by atoms with van der Waals surface area (Å²) in [6.45, 7) is 1.68. The number of fused-ring (bicyclic) bond motifs is 5. The van der Waals surface area contributed by atoms with Gasteiger partial charge in [0.05, 0.1) is 32.8 Å². The maximum Gasteiger partial charge on any atom is 0.306 e. The third-order valence-corrected chi connectivity index (χ3v) is 20.0. The Balaban J connectivity index is 0.000000120. The first-order valence-electron chi connectivity index (χ1n) is 31.7. The van der Waals surface area contributed by atoms with Gasteiger partial charge in [0.2, 0.25) is 11.8 Å². The number of Topliss-reactive ketones (excluding diaryl/α,β-unsaturated/α-hetero) is 1. The average Bonchev–Trinajstić information content (AvgIpc) is 1.54. The fraction of sp³-hybridized carbons (Fsp3) is 0.477. The van der Waals surface area contributed by atoms with E-state index in [0.29, 0.717) is 42.8 Å². The molecule has 2 amide bonds. The van der Waals surface area contributed by atoms with Gasteiger partial charge >= 0.3 is 5.97 Å². The van der Waals surface area contributed by atoms with Crippen LogP contribution in [-0.4, -0.2) is 178 Å². The lowest BCUT2D eigenvalue weighted by molar-refractivity contribution is -0.145. The van der Waals surface area contributed by atoms with Gasteiger partial charge in [-0.2, -0.15) is 0 Å². The highest BCUT2D eigenvalue weighted by atomic mass is 16.5. The second-order valence-electron chi connectivity index (χ2n) is 25.9. The minimum atomic E-state index is -0.697. The van der Waals surface area contributed by atoms with Crippen molar-refractivity contribution >= 4 is 108 Å². The third kappa shape index (κ3) is 13.1. The maximum atomic E-state index is 11.3. The van der Waals surface area contributed by atoms with E-state index in [1.165, 1.54) is 0 Å². The number of hydroxylamine groups is 1. The van der Waals surface area contributed by atoms with E-state index in [4.69, 9.17) is 21.8 Å². The molecule has 5 aliphatic rings. The Morgan fingerprint density at radius 3 is 0.894 bits per heavy atom. The summed E-state index contributed by atoms with van der Waals surface area (Å²) in [5.74, 6) is 3.67. The van der Waals surface area contributed by atoms with E-state index in [-0.39, 0.29) is 47.6 Å². The van der Waals surface area contributed by atoms with Crippen LogP contribution in [0.2, 0.25) is 0 Å². The van der Waals surface area contributed by atoms with Gasteiger partial charge in [0.15, 0.2) is 0 Å². The molecule has 7 N–H and O–H groups in total. The van der Waals surface area contributed by atoms with Gasteiger partial charge < -0.3 is 63.9 Å². The van der Waals surface area contributed by atoms with Crippen molar-refractivity contribution < 1.29 is 29.5 Å². The van der Waals surface area contributed by atoms with Gasteiger partial charge in [0, 0.05) is 155 Å². The van der Waals surface area contributed by atoms with Gasteiger partial charge in [-0.05, 0) is 101 Å². The van der Waals surface area contributed by atoms with Crippen LogP contribution in [0.3, 0.4) is 0 Å². The van der Waals surface area contributed by atoms with Gasteiger partial charge in [0.25, 0.3) is 0 Å². The van der Waals surface area contributed by atoms with Crippen molar-refractivity contribution in [1.82, 2.24) is 78.2 Å². The molecular weight excluding hydrogens is 1200 g/mol. The summed E-state index contributed by atoms with van der Waals surface area (Å²) in [7, 11) is 19.9. The highest BCUT2D eigenvalue weighted by Gasteiger charge is 2.41. The van der Waals surface area contributed by atoms with Crippen molar-refractivity contribution in [2.45, 2.75) is 107 Å². The zero-order chi connectivity index (χ0) is 67.0. The zero-order valence-corrected chi connectivity index (χ0v) is 55.1. The SMILES string of the molecule is CC(=O)C1CC(N(C)c2ncnc3c2ccn3C)C1.CN(c1ncnc2c1ccn2C)C1CC(C(=O)NO)C1.CN(c1ncnc2c1ccn2C)C1CC(C(=O)O)C1.CN(c1ncnc2c1ccn2C)C1CC(C(N)=O)C1.CN(c1ncnc2c1ccn2C)C1CC(N)C1. The molecule has 10 aromatic heterocycles. The number of hydrogen-bond donors (Lipinski definition) is 5. The third-order valence-electron chi connectivity index (χ3n) is 20.0. The Labute approximate surface area is 543 Å². The minimum absolute atomic E-state index is 0.0144. The molecule has 0 unspecified atom stereocenters. The summed E-state index contributed by atoms with van der Waals surface area (Å²) in [5, 5.41) is 22.8. The predicted octanol–water partition coefficient (Wildman–Crippen LogP) is 5.29. The number of primary amides is 1. The molecule has 0 aromatic carbocycles. The Bertz CT molecular complexity index is 4090. The molecule has 5 aliphatic carbocycles. The molecule has 5 fully saturated rings. The number of nitrogens with zero attached hydrogens (tertiary/aromatic N) is 20. The summed E-state index contributed by atoms with van der Waals surface area (Å²) < 4.78 is 9.89. The lowest BCUT2D eigenvalue weighted by Crippen LogP contribution is -2.49. The Morgan fingerprint density at radius 2 is 0.660 bits per heavy atom. The summed E-state index contributed by atoms with van der Waals surface area (Å²) in [4.78, 5) is 98.6. The quantitative estimate of drug-likeness (QED) is 0.0682. The lowest BCUT2D eigenvalue weighted by atomic mass is 9.77. The van der Waals surface area contributed by atoms with Crippen molar-refractivity contribution in [3.63, 3.8) is 0 Å². The topological polar surface area (TPSA) is 343 Å². The molecule has 5 saturated carbocycles. The van der Waals surface area contributed by atoms with Crippen molar-refractivity contribution in [3.8, 4) is 0 Å². The second-order valence-corrected chi connectivity index (χ2v) is 25.9. The van der Waals surface area contributed by atoms with E-state index in [9.17, 15) is 19.2 Å². The molecule has 0 atom stereocenters. The zero-order valence-electron chi connectivity index (χ0n) is 55.1. The number of hydrogen-bond acceptors (Lipinski definition) is 21. The summed E-state index contributed by atoms with van der Waals surface area (Å²) in [6.07, 6.45) is 26.2. The van der Waals surface area contributed by atoms with Crippen LogP contribution in [0.4, 0.5) is 29.1 Å². The van der Waals surface area contributed by atoms with E-state index in [1.54, 1.807) is 44.0 Å². The van der Waals surface area contributed by atoms with Crippen molar-refractivity contribution in [1.29, 1.82) is 0 Å². The molecule has 0 bridgehead atoms. The number of aryl methyl sites for hydroxylation is 5. The van der Waals surface area contributed by atoms with E-state index >= 15 is 0 Å². The number of carbonyl (C=O) groups excluding carboxylic acids is 3. The predicted molar refractivity (Wildman–Crippen MR) is 359 cm³/mol. The van der Waals surface area contributed by atoms with Crippen LogP contribution in [0.5, 0.6) is 0 Å². The van der Waals surface area contributed by atoms with Gasteiger partial charge in [-0.1, -0.05) is 0 Å². The lowest BCUT2D eigenvalue weighted by Gasteiger charge is -2.40. The number of aliphatic carboxylic acids is 1. The molecule has 10 aromatic rings. The van der Waals surface area contributed by atoms with Gasteiger partial charge in [0.1, 0.15) is 94.7 Å². The number of nitrogens with one attached hydrogen (secondary N) is 1. The van der Waals surface area contributed by atoms with Crippen LogP contribution < -0.4 is 41.4 Å². The molecular formula is C65H85N23O6. The number of carboxylic acids is 1. The van der Waals surface area contributed by atoms with E-state index in [0.717, 1.165) is 136 Å². The molecule has 0 aliphatic heterocycles. The first-order valence-corrected chi connectivity index (χ1v) is 31.7. The molecule has 10 heterocycles. The van der Waals surface area contributed by atoms with Crippen molar-refractivity contribution in [2.75, 3.05) is 59.7 Å². The summed E-state index contributed by atoms with van der Waals surface area (Å²) >= 11 is 0. The van der Waals surface area contributed by atoms with Gasteiger partial charge in [-0.3, -0.25) is 24.4 Å². The molecule has 0 spiro atoms. The molecule has 0 radical (unpaired) electrons. The van der Waals surface area contributed by atoms with Crippen LogP contribution in [0, 0.1) is 23.7 Å². The van der Waals surface area contributed by atoms with Crippen LogP contribution in [0.25, 0.3) is 55.2 Å². The highest BCUT2D eigenvalue weighted by Crippen LogP contribution is 2.40. The Morgan fingerprint density at radius 1 is 0.415 bits per heavy atom. The fourth-order valence-electron chi connectivity index (χ4n) is 13.2. The highest BCUT2D eigenvalue weighted by molar-refractivity contribution is 5.92. The van der Waals surface area contributed by atoms with E-state index < -0.39 is 5.97 Å². The maximum absolute atomic E-state index is 11.3. The normalized spacial score (nSPS) is 22.4. The molecule has 94 heavy (non-hydrogen) atoms. The molecule has 0 saturated heterocycles. The number of rotatable bonds is 14. The fourth-order valence-corrected chi connectivity index (χ4v) is 13.2. The summed E-state index contributed by atoms with van der Waals surface area (Å²) in [6, 6.07) is 12.2. The molecule has 29 heteroatoms. The molecule has 29 nitrogen and oxygen atoms in total. The molecule has 15 rings (SSSR count). The Kier molecular flexibility index (Phi) is 19.1. The first kappa shape index (κ1) is 65.6. The number of ketones is 1. The van der Waals surface area contributed by atoms with Crippen LogP contribution in [0.1, 0.15) is 71.1 Å². The first-order chi connectivity index (χ1) is 45.0. The van der Waals surface area contributed by atoms with Crippen LogP contribution in [-0.2, 0) is 54.4 Å². The van der Waals surface area contributed by atoms with E-state index in [1.807, 2.05) is 134 Å². The van der Waals surface area contributed by atoms with Gasteiger partial charge in [-0.25, -0.2) is 55.3 Å². The number of aromatic nitrogens is 15. The monoisotopic (exact) mass is 1280 g/mol. The number of carbonyl (C=O) groups is 4. The average molecular weight is 1280 g/mol. The van der Waals surface area contributed by atoms with E-state index in [2.05, 4.69) is 94.5 Å². The number of anilines is 5. The molecule has 496 valence electrons. The van der Waals surface area contributed by atoms with Crippen LogP contribution >= 0.6 is 0 Å². The number of nitrogens with two attached hydrogens (primary N) is 2. The standard InChI is InChI=1S/C14H18N4O.C13H17N5O2.C13H17N5O.C13H16N4O2.C12H17N5/c1-9(19)10-6-11(7-10)18(3)14-12-4-5-17(2)13(12)15-8-16-14;1-17-4-3-10-11(17)14-7-15-12(10)18(2)9-5-8(6-9)13(19)16-20;1-17-4-3-10-12(17)15-7-16-13(10)18(2)9-5-8(6-9)11(14)19;1-16-4-3-10-11(16)14-7-15-12(10)17(2)9-5-8(6-9)13(18)19;1-16-4-3-10-11(16)14-7-15-12(10)17(2)9-5-8(13)6-9/h4-5,8,10-11H,6-7H2,1-3H3;3-4,7-9,20H,5-6H2,1-2H3,(H,16,19);3-4,7-9H,5-6H2,1-2H3,(H2,14,19);3-4,7-9H,5-6H2,1-2H3,(H,18,19);3-4,7-9H,5-6,13H2,1-2H3. The van der Waals surface area contributed by atoms with Crippen molar-refractivity contribution in [3.05, 3.63) is 93.0 Å². The van der Waals surface area contributed by atoms with Crippen molar-refractivity contribution in [2.24, 2.45) is 70.4 Å². The number of amides is 2. The largest absolute Gasteiger partial charge is 0.481 e. The smallest absolute Gasteiger partial charge is 0.306 e. The minimum Gasteiger partial charge on any atom is -0.481 e. The second kappa shape index (κ2) is 27.4. The van der Waals surface area contributed by atoms with Gasteiger partial charge in [-0.15, -0.1) is 0 Å². The summed E-state index contributed by atoms with van der Waals surface area (Å²) in [5.41, 5.74) is 17.5. The van der Waals surface area contributed by atoms with Crippen LogP contribution in [0.15, 0.2) is 93.0 Å². The number of carboxylic acid groups (broad SMARTS) is 1.